The van der Waals surface area contributed by atoms with Crippen LogP contribution < -0.4 is 15.9 Å². The van der Waals surface area contributed by atoms with Crippen LogP contribution in [-0.2, 0) is 6.61 Å². The van der Waals surface area contributed by atoms with Crippen molar-refractivity contribution in [3.63, 3.8) is 0 Å². The van der Waals surface area contributed by atoms with Crippen molar-refractivity contribution in [3.05, 3.63) is 74.2 Å². The predicted octanol–water partition coefficient (Wildman–Crippen LogP) is 4.68. The summed E-state index contributed by atoms with van der Waals surface area (Å²) in [4.78, 5) is 16.5. The van der Waals surface area contributed by atoms with Crippen LogP contribution in [0.1, 0.15) is 26.5 Å². The van der Waals surface area contributed by atoms with E-state index in [1.165, 1.54) is 6.21 Å². The molecule has 1 aromatic heterocycles. The van der Waals surface area contributed by atoms with E-state index in [-0.39, 0.29) is 12.5 Å². The third kappa shape index (κ3) is 5.01. The predicted molar refractivity (Wildman–Crippen MR) is 114 cm³/mol. The Hall–Kier alpha value is -2.61. The molecule has 6 nitrogen and oxygen atoms in total. The summed E-state index contributed by atoms with van der Waals surface area (Å²) in [5.74, 6) is 0.312. The number of anilines is 1. The van der Waals surface area contributed by atoms with Gasteiger partial charge in [-0.1, -0.05) is 40.6 Å². The van der Waals surface area contributed by atoms with E-state index in [1.54, 1.807) is 37.3 Å². The lowest BCUT2D eigenvalue weighted by Crippen LogP contribution is -2.17. The molecule has 0 saturated carbocycles. The normalized spacial score (nSPS) is 11.0. The van der Waals surface area contributed by atoms with E-state index in [2.05, 4.69) is 15.5 Å². The number of nitrogens with two attached hydrogens (primary N) is 1. The summed E-state index contributed by atoms with van der Waals surface area (Å²) in [6, 6.07) is 12.5. The minimum Gasteiger partial charge on any atom is -0.489 e. The van der Waals surface area contributed by atoms with E-state index in [0.717, 1.165) is 22.5 Å². The maximum absolute atomic E-state index is 12.0. The molecule has 3 aromatic rings. The van der Waals surface area contributed by atoms with E-state index >= 15 is 0 Å². The molecular weight excluding hydrogens is 419 g/mol. The highest BCUT2D eigenvalue weighted by Gasteiger charge is 2.13. The van der Waals surface area contributed by atoms with E-state index in [4.69, 9.17) is 33.7 Å². The van der Waals surface area contributed by atoms with Gasteiger partial charge in [0.2, 0.25) is 0 Å². The number of amides is 1. The number of nitrogen functional groups attached to an aromatic ring is 1. The SMILES string of the molecule is Cc1nc(N)sc1C(=O)N/N=C/c1ccc(OCc2c(Cl)cccc2Cl)cc1. The maximum atomic E-state index is 12.0. The number of nitrogens with zero attached hydrogens (tertiary/aromatic N) is 2. The third-order valence-electron chi connectivity index (χ3n) is 3.72. The summed E-state index contributed by atoms with van der Waals surface area (Å²) in [5.41, 5.74) is 10.2. The molecule has 1 heterocycles. The Kier molecular flexibility index (Phi) is 6.51. The van der Waals surface area contributed by atoms with Crippen molar-refractivity contribution >= 4 is 51.8 Å². The second-order valence-electron chi connectivity index (χ2n) is 5.72. The quantitative estimate of drug-likeness (QED) is 0.435. The zero-order chi connectivity index (χ0) is 20.1. The fourth-order valence-electron chi connectivity index (χ4n) is 2.32. The summed E-state index contributed by atoms with van der Waals surface area (Å²) in [6.07, 6.45) is 1.53. The van der Waals surface area contributed by atoms with Crippen molar-refractivity contribution in [1.29, 1.82) is 0 Å². The van der Waals surface area contributed by atoms with Gasteiger partial charge in [-0.25, -0.2) is 10.4 Å². The first-order chi connectivity index (χ1) is 13.4. The zero-order valence-corrected chi connectivity index (χ0v) is 17.1. The largest absolute Gasteiger partial charge is 0.489 e. The van der Waals surface area contributed by atoms with Crippen molar-refractivity contribution in [2.45, 2.75) is 13.5 Å². The molecule has 1 amide bonds. The molecule has 0 bridgehead atoms. The van der Waals surface area contributed by atoms with E-state index in [1.807, 2.05) is 12.1 Å². The van der Waals surface area contributed by atoms with Gasteiger partial charge in [0.05, 0.1) is 11.9 Å². The number of nitrogens with one attached hydrogen (secondary N) is 1. The lowest BCUT2D eigenvalue weighted by molar-refractivity contribution is 0.0958. The molecule has 0 aliphatic carbocycles. The minimum absolute atomic E-state index is 0.263. The monoisotopic (exact) mass is 434 g/mol. The van der Waals surface area contributed by atoms with Gasteiger partial charge in [0.1, 0.15) is 17.2 Å². The minimum atomic E-state index is -0.348. The molecule has 0 atom stereocenters. The Morgan fingerprint density at radius 1 is 1.25 bits per heavy atom. The van der Waals surface area contributed by atoms with Crippen LogP contribution in [-0.4, -0.2) is 17.1 Å². The van der Waals surface area contributed by atoms with E-state index in [9.17, 15) is 4.79 Å². The van der Waals surface area contributed by atoms with Crippen molar-refractivity contribution in [2.75, 3.05) is 5.73 Å². The van der Waals surface area contributed by atoms with Crippen molar-refractivity contribution in [2.24, 2.45) is 5.10 Å². The molecule has 0 spiro atoms. The fourth-order valence-corrected chi connectivity index (χ4v) is 3.55. The number of halogens is 2. The first kappa shape index (κ1) is 20.1. The molecular formula is C19H16Cl2N4O2S. The first-order valence-corrected chi connectivity index (χ1v) is 9.73. The fraction of sp³-hybridized carbons (Fsp3) is 0.105. The number of aromatic nitrogens is 1. The number of carbonyl (C=O) groups is 1. The van der Waals surface area contributed by atoms with Crippen LogP contribution in [0.5, 0.6) is 5.75 Å². The number of aryl methyl sites for hydroxylation is 1. The molecule has 0 radical (unpaired) electrons. The van der Waals surface area contributed by atoms with Gasteiger partial charge in [0.25, 0.3) is 5.91 Å². The summed E-state index contributed by atoms with van der Waals surface area (Å²) in [5, 5.41) is 5.42. The summed E-state index contributed by atoms with van der Waals surface area (Å²) < 4.78 is 5.72. The molecule has 0 fully saturated rings. The summed E-state index contributed by atoms with van der Waals surface area (Å²) >= 11 is 13.4. The first-order valence-electron chi connectivity index (χ1n) is 8.16. The molecule has 28 heavy (non-hydrogen) atoms. The molecule has 3 N–H and O–H groups in total. The Bertz CT molecular complexity index is 999. The number of hydrazone groups is 1. The van der Waals surface area contributed by atoms with Crippen LogP contribution in [0, 0.1) is 6.92 Å². The molecule has 3 rings (SSSR count). The topological polar surface area (TPSA) is 89.6 Å². The number of rotatable bonds is 6. The van der Waals surface area contributed by atoms with Gasteiger partial charge in [-0.3, -0.25) is 4.79 Å². The summed E-state index contributed by atoms with van der Waals surface area (Å²) in [7, 11) is 0. The van der Waals surface area contributed by atoms with E-state index < -0.39 is 0 Å². The van der Waals surface area contributed by atoms with Gasteiger partial charge in [-0.15, -0.1) is 0 Å². The van der Waals surface area contributed by atoms with Crippen molar-refractivity contribution < 1.29 is 9.53 Å². The molecule has 0 saturated heterocycles. The number of benzene rings is 2. The molecule has 0 aliphatic rings. The van der Waals surface area contributed by atoms with Gasteiger partial charge in [0, 0.05) is 15.6 Å². The Balaban J connectivity index is 1.56. The van der Waals surface area contributed by atoms with Gasteiger partial charge in [0.15, 0.2) is 5.13 Å². The van der Waals surface area contributed by atoms with Gasteiger partial charge >= 0.3 is 0 Å². The maximum Gasteiger partial charge on any atom is 0.283 e. The average molecular weight is 435 g/mol. The number of ether oxygens (including phenoxy) is 1. The second-order valence-corrected chi connectivity index (χ2v) is 7.57. The molecule has 9 heteroatoms. The average Bonchev–Trinajstić information content (AvgIpc) is 3.01. The molecule has 2 aromatic carbocycles. The summed E-state index contributed by atoms with van der Waals surface area (Å²) in [6.45, 7) is 1.99. The Morgan fingerprint density at radius 3 is 2.54 bits per heavy atom. The number of hydrogen-bond acceptors (Lipinski definition) is 6. The second kappa shape index (κ2) is 9.05. The van der Waals surface area contributed by atoms with Gasteiger partial charge in [-0.2, -0.15) is 5.10 Å². The lowest BCUT2D eigenvalue weighted by Gasteiger charge is -2.09. The van der Waals surface area contributed by atoms with Crippen LogP contribution in [0.4, 0.5) is 5.13 Å². The highest BCUT2D eigenvalue weighted by atomic mass is 35.5. The number of thiazole rings is 1. The van der Waals surface area contributed by atoms with Crippen molar-refractivity contribution in [3.8, 4) is 5.75 Å². The van der Waals surface area contributed by atoms with Crippen LogP contribution >= 0.6 is 34.5 Å². The van der Waals surface area contributed by atoms with Crippen molar-refractivity contribution in [1.82, 2.24) is 10.4 Å². The molecule has 144 valence electrons. The van der Waals surface area contributed by atoms with Crippen LogP contribution in [0.25, 0.3) is 0 Å². The number of hydrogen-bond donors (Lipinski definition) is 2. The lowest BCUT2D eigenvalue weighted by atomic mass is 10.2. The van der Waals surface area contributed by atoms with Gasteiger partial charge in [-0.05, 0) is 48.9 Å². The molecule has 0 aliphatic heterocycles. The van der Waals surface area contributed by atoms with Crippen LogP contribution in [0.2, 0.25) is 10.0 Å². The third-order valence-corrected chi connectivity index (χ3v) is 5.42. The highest BCUT2D eigenvalue weighted by molar-refractivity contribution is 7.17. The standard InChI is InChI=1S/C19H16Cl2N4O2S/c1-11-17(28-19(22)24-11)18(26)25-23-9-12-5-7-13(8-6-12)27-10-14-15(20)3-2-4-16(14)21/h2-9H,10H2,1H3,(H2,22,24)(H,25,26)/b23-9+. The Morgan fingerprint density at radius 2 is 1.93 bits per heavy atom. The van der Waals surface area contributed by atoms with E-state index in [0.29, 0.717) is 31.5 Å². The van der Waals surface area contributed by atoms with Crippen LogP contribution in [0.3, 0.4) is 0 Å². The molecule has 0 unspecified atom stereocenters. The Labute approximate surface area is 176 Å². The highest BCUT2D eigenvalue weighted by Crippen LogP contribution is 2.26. The van der Waals surface area contributed by atoms with Gasteiger partial charge < -0.3 is 10.5 Å². The van der Waals surface area contributed by atoms with Crippen LogP contribution in [0.15, 0.2) is 47.6 Å². The zero-order valence-electron chi connectivity index (χ0n) is 14.8. The smallest absolute Gasteiger partial charge is 0.283 e. The number of carbonyl (C=O) groups excluding carboxylic acids is 1.